The fourth-order valence-corrected chi connectivity index (χ4v) is 4.46. The van der Waals surface area contributed by atoms with Gasteiger partial charge in [-0.2, -0.15) is 0 Å². The van der Waals surface area contributed by atoms with E-state index in [0.717, 1.165) is 22.0 Å². The van der Waals surface area contributed by atoms with Crippen LogP contribution in [0.1, 0.15) is 22.3 Å². The van der Waals surface area contributed by atoms with Gasteiger partial charge in [0.15, 0.2) is 5.16 Å². The third-order valence-corrected chi connectivity index (χ3v) is 6.22. The second-order valence-corrected chi connectivity index (χ2v) is 8.53. The predicted octanol–water partition coefficient (Wildman–Crippen LogP) is 6.01. The maximum absolute atomic E-state index is 13.2. The summed E-state index contributed by atoms with van der Waals surface area (Å²) in [5.41, 5.74) is 5.46. The molecule has 0 unspecified atom stereocenters. The second-order valence-electron chi connectivity index (χ2n) is 7.15. The first kappa shape index (κ1) is 19.7. The smallest absolute Gasteiger partial charge is 0.262 e. The molecule has 0 aliphatic heterocycles. The Morgan fingerprint density at radius 3 is 2.55 bits per heavy atom. The molecule has 0 spiro atoms. The summed E-state index contributed by atoms with van der Waals surface area (Å²) in [4.78, 5) is 18.1. The largest absolute Gasteiger partial charge is 0.283 e. The highest BCUT2D eigenvalue weighted by atomic mass is 35.5. The Morgan fingerprint density at radius 2 is 1.76 bits per heavy atom. The molecule has 0 N–H and O–H groups in total. The van der Waals surface area contributed by atoms with Gasteiger partial charge in [0.25, 0.3) is 5.56 Å². The van der Waals surface area contributed by atoms with Gasteiger partial charge >= 0.3 is 0 Å². The Labute approximate surface area is 179 Å². The van der Waals surface area contributed by atoms with Crippen LogP contribution in [0.15, 0.2) is 76.7 Å². The monoisotopic (exact) mass is 420 g/mol. The van der Waals surface area contributed by atoms with Crippen LogP contribution in [0.2, 0.25) is 5.02 Å². The lowest BCUT2D eigenvalue weighted by Crippen LogP contribution is -2.24. The van der Waals surface area contributed by atoms with Crippen molar-refractivity contribution in [3.63, 3.8) is 0 Å². The van der Waals surface area contributed by atoms with Crippen molar-refractivity contribution in [2.75, 3.05) is 0 Å². The summed E-state index contributed by atoms with van der Waals surface area (Å²) in [5, 5.41) is 2.05. The van der Waals surface area contributed by atoms with Gasteiger partial charge in [0.1, 0.15) is 0 Å². The number of rotatable bonds is 5. The van der Waals surface area contributed by atoms with Gasteiger partial charge in [0.2, 0.25) is 0 Å². The molecule has 0 aliphatic rings. The van der Waals surface area contributed by atoms with Gasteiger partial charge in [-0.05, 0) is 54.8 Å². The zero-order valence-corrected chi connectivity index (χ0v) is 17.9. The summed E-state index contributed by atoms with van der Waals surface area (Å²) in [6.07, 6.45) is 0. The zero-order valence-electron chi connectivity index (χ0n) is 16.4. The Morgan fingerprint density at radius 1 is 1.00 bits per heavy atom. The van der Waals surface area contributed by atoms with Crippen LogP contribution in [0.4, 0.5) is 0 Å². The van der Waals surface area contributed by atoms with Crippen molar-refractivity contribution >= 4 is 34.3 Å². The van der Waals surface area contributed by atoms with Crippen molar-refractivity contribution < 1.29 is 0 Å². The minimum absolute atomic E-state index is 0.0194. The summed E-state index contributed by atoms with van der Waals surface area (Å²) >= 11 is 7.62. The van der Waals surface area contributed by atoms with Crippen LogP contribution in [0.3, 0.4) is 0 Å². The molecule has 0 aliphatic carbocycles. The minimum Gasteiger partial charge on any atom is -0.283 e. The summed E-state index contributed by atoms with van der Waals surface area (Å²) in [6, 6.07) is 21.6. The third-order valence-electron chi connectivity index (χ3n) is 4.94. The van der Waals surface area contributed by atoms with Gasteiger partial charge in [-0.25, -0.2) is 4.98 Å². The van der Waals surface area contributed by atoms with E-state index in [1.807, 2.05) is 48.5 Å². The van der Waals surface area contributed by atoms with Crippen LogP contribution in [-0.4, -0.2) is 9.55 Å². The molecule has 0 fully saturated rings. The SMILES string of the molecule is Cc1ccc(C)c(CSc2nc3ccccc3c(=O)n2Cc2ccc(Cl)cc2)c1. The first-order valence-corrected chi connectivity index (χ1v) is 10.8. The Balaban J connectivity index is 1.75. The molecule has 0 atom stereocenters. The summed E-state index contributed by atoms with van der Waals surface area (Å²) in [7, 11) is 0. The van der Waals surface area contributed by atoms with Crippen LogP contribution in [0.25, 0.3) is 10.9 Å². The fourth-order valence-electron chi connectivity index (χ4n) is 3.27. The first-order valence-electron chi connectivity index (χ1n) is 9.44. The number of fused-ring (bicyclic) bond motifs is 1. The van der Waals surface area contributed by atoms with Crippen LogP contribution >= 0.6 is 23.4 Å². The number of hydrogen-bond acceptors (Lipinski definition) is 3. The first-order chi connectivity index (χ1) is 14.0. The second kappa shape index (κ2) is 8.44. The van der Waals surface area contributed by atoms with E-state index >= 15 is 0 Å². The molecule has 0 radical (unpaired) electrons. The van der Waals surface area contributed by atoms with Gasteiger partial charge in [0, 0.05) is 10.8 Å². The number of benzene rings is 3. The normalized spacial score (nSPS) is 11.1. The molecular weight excluding hydrogens is 400 g/mol. The highest BCUT2D eigenvalue weighted by Crippen LogP contribution is 2.25. The van der Waals surface area contributed by atoms with Gasteiger partial charge in [-0.1, -0.05) is 71.4 Å². The van der Waals surface area contributed by atoms with E-state index in [1.165, 1.54) is 16.7 Å². The molecule has 0 saturated carbocycles. The standard InChI is InChI=1S/C24H21ClN2OS/c1-16-7-8-17(2)19(13-16)15-29-24-26-22-6-4-3-5-21(22)23(28)27(24)14-18-9-11-20(25)12-10-18/h3-13H,14-15H2,1-2H3. The highest BCUT2D eigenvalue weighted by Gasteiger charge is 2.13. The summed E-state index contributed by atoms with van der Waals surface area (Å²) in [5.74, 6) is 0.763. The van der Waals surface area contributed by atoms with Crippen molar-refractivity contribution in [1.29, 1.82) is 0 Å². The van der Waals surface area contributed by atoms with E-state index in [0.29, 0.717) is 17.0 Å². The molecule has 4 aromatic rings. The van der Waals surface area contributed by atoms with Crippen molar-refractivity contribution in [2.45, 2.75) is 31.3 Å². The van der Waals surface area contributed by atoms with Gasteiger partial charge in [-0.3, -0.25) is 9.36 Å². The molecule has 4 rings (SSSR count). The topological polar surface area (TPSA) is 34.9 Å². The number of aromatic nitrogens is 2. The maximum Gasteiger partial charge on any atom is 0.262 e. The molecule has 29 heavy (non-hydrogen) atoms. The number of hydrogen-bond donors (Lipinski definition) is 0. The molecule has 1 heterocycles. The number of para-hydroxylation sites is 1. The fraction of sp³-hybridized carbons (Fsp3) is 0.167. The molecule has 5 heteroatoms. The highest BCUT2D eigenvalue weighted by molar-refractivity contribution is 7.98. The zero-order chi connectivity index (χ0) is 20.4. The van der Waals surface area contributed by atoms with E-state index in [-0.39, 0.29) is 5.56 Å². The van der Waals surface area contributed by atoms with Crippen molar-refractivity contribution in [3.05, 3.63) is 104 Å². The van der Waals surface area contributed by atoms with E-state index in [9.17, 15) is 4.79 Å². The molecule has 0 bridgehead atoms. The molecule has 1 aromatic heterocycles. The number of nitrogens with zero attached hydrogens (tertiary/aromatic N) is 2. The molecule has 0 amide bonds. The average Bonchev–Trinajstić information content (AvgIpc) is 2.72. The Hall–Kier alpha value is -2.56. The lowest BCUT2D eigenvalue weighted by molar-refractivity contribution is 0.658. The summed E-state index contributed by atoms with van der Waals surface area (Å²) < 4.78 is 1.77. The van der Waals surface area contributed by atoms with Crippen molar-refractivity contribution in [3.8, 4) is 0 Å². The molecule has 0 saturated heterocycles. The van der Waals surface area contributed by atoms with E-state index in [2.05, 4.69) is 32.0 Å². The van der Waals surface area contributed by atoms with Crippen LogP contribution in [0, 0.1) is 13.8 Å². The minimum atomic E-state index is -0.0194. The molecular formula is C24H21ClN2OS. The van der Waals surface area contributed by atoms with Crippen molar-refractivity contribution in [1.82, 2.24) is 9.55 Å². The predicted molar refractivity (Wildman–Crippen MR) is 122 cm³/mol. The van der Waals surface area contributed by atoms with Crippen LogP contribution in [-0.2, 0) is 12.3 Å². The van der Waals surface area contributed by atoms with Crippen LogP contribution in [0.5, 0.6) is 0 Å². The van der Waals surface area contributed by atoms with Gasteiger partial charge in [0.05, 0.1) is 17.4 Å². The van der Waals surface area contributed by atoms with E-state index < -0.39 is 0 Å². The van der Waals surface area contributed by atoms with Gasteiger partial charge in [-0.15, -0.1) is 0 Å². The lowest BCUT2D eigenvalue weighted by Gasteiger charge is -2.14. The van der Waals surface area contributed by atoms with E-state index in [1.54, 1.807) is 16.3 Å². The lowest BCUT2D eigenvalue weighted by atomic mass is 10.1. The Kier molecular flexibility index (Phi) is 5.74. The average molecular weight is 421 g/mol. The quantitative estimate of drug-likeness (QED) is 0.293. The van der Waals surface area contributed by atoms with E-state index in [4.69, 9.17) is 16.6 Å². The molecule has 146 valence electrons. The number of thioether (sulfide) groups is 1. The number of aryl methyl sites for hydroxylation is 2. The maximum atomic E-state index is 13.2. The Bertz CT molecular complexity index is 1230. The van der Waals surface area contributed by atoms with Crippen LogP contribution < -0.4 is 5.56 Å². The summed E-state index contributed by atoms with van der Waals surface area (Å²) in [6.45, 7) is 4.67. The molecule has 3 nitrogen and oxygen atoms in total. The van der Waals surface area contributed by atoms with Gasteiger partial charge < -0.3 is 0 Å². The molecule has 3 aromatic carbocycles. The van der Waals surface area contributed by atoms with Crippen molar-refractivity contribution in [2.24, 2.45) is 0 Å². The third kappa shape index (κ3) is 4.39. The number of halogens is 1.